The average molecular weight is 332 g/mol. The summed E-state index contributed by atoms with van der Waals surface area (Å²) in [6.45, 7) is 17.3. The molecule has 0 aliphatic carbocycles. The number of para-hydroxylation sites is 1. The van der Waals surface area contributed by atoms with Gasteiger partial charge in [-0.25, -0.2) is 0 Å². The summed E-state index contributed by atoms with van der Waals surface area (Å²) in [4.78, 5) is 2.19. The van der Waals surface area contributed by atoms with Crippen LogP contribution < -0.4 is 4.90 Å². The highest BCUT2D eigenvalue weighted by Crippen LogP contribution is 2.54. The fourth-order valence-corrected chi connectivity index (χ4v) is 4.44. The van der Waals surface area contributed by atoms with Crippen molar-refractivity contribution in [1.82, 2.24) is 0 Å². The maximum atomic E-state index is 10.1. The third kappa shape index (κ3) is 3.01. The minimum absolute atomic E-state index is 0.190. The Morgan fingerprint density at radius 2 is 1.42 bits per heavy atom. The standard InChI is InChI=1S/C21H33NO2/c1-13(2)15-10-9-11-16(14(3)4)17(15)22-18(19(23)24)20(5,6)12-21(22,7)8/h9-11,13-14,23-24H,12H2,1-8H3. The van der Waals surface area contributed by atoms with Crippen LogP contribution in [0.15, 0.2) is 29.8 Å². The van der Waals surface area contributed by atoms with Crippen LogP contribution in [0.1, 0.15) is 84.8 Å². The van der Waals surface area contributed by atoms with Gasteiger partial charge in [0.1, 0.15) is 5.70 Å². The Labute approximate surface area is 147 Å². The first-order valence-corrected chi connectivity index (χ1v) is 8.96. The molecule has 1 aliphatic heterocycles. The van der Waals surface area contributed by atoms with Crippen LogP contribution in [0.2, 0.25) is 0 Å². The molecule has 1 saturated heterocycles. The lowest BCUT2D eigenvalue weighted by molar-refractivity contribution is 0.174. The number of hydrogen-bond acceptors (Lipinski definition) is 3. The van der Waals surface area contributed by atoms with Crippen LogP contribution >= 0.6 is 0 Å². The molecule has 3 heteroatoms. The summed E-state index contributed by atoms with van der Waals surface area (Å²) in [5, 5.41) is 20.2. The molecule has 2 rings (SSSR count). The van der Waals surface area contributed by atoms with E-state index >= 15 is 0 Å². The first-order chi connectivity index (χ1) is 10.9. The predicted molar refractivity (Wildman–Crippen MR) is 102 cm³/mol. The lowest BCUT2D eigenvalue weighted by atomic mass is 9.84. The van der Waals surface area contributed by atoms with Gasteiger partial charge in [0.25, 0.3) is 5.95 Å². The molecule has 2 N–H and O–H groups in total. The second-order valence-electron chi connectivity index (χ2n) is 8.98. The SMILES string of the molecule is CC(C)c1cccc(C(C)C)c1N1C(=C(O)O)C(C)(C)CC1(C)C. The monoisotopic (exact) mass is 331 g/mol. The van der Waals surface area contributed by atoms with E-state index in [0.717, 1.165) is 12.1 Å². The maximum Gasteiger partial charge on any atom is 0.295 e. The van der Waals surface area contributed by atoms with Crippen molar-refractivity contribution < 1.29 is 10.2 Å². The molecule has 0 aromatic heterocycles. The molecule has 1 fully saturated rings. The number of allylic oxidation sites excluding steroid dienone is 1. The van der Waals surface area contributed by atoms with E-state index in [-0.39, 0.29) is 11.0 Å². The molecule has 1 aromatic rings. The third-order valence-electron chi connectivity index (χ3n) is 5.12. The Morgan fingerprint density at radius 1 is 0.958 bits per heavy atom. The summed E-state index contributed by atoms with van der Waals surface area (Å²) < 4.78 is 0. The van der Waals surface area contributed by atoms with Crippen molar-refractivity contribution in [1.29, 1.82) is 0 Å². The predicted octanol–water partition coefficient (Wildman–Crippen LogP) is 6.23. The van der Waals surface area contributed by atoms with Gasteiger partial charge in [-0.3, -0.25) is 0 Å². The molecular weight excluding hydrogens is 298 g/mol. The van der Waals surface area contributed by atoms with Gasteiger partial charge in [-0.1, -0.05) is 59.7 Å². The molecule has 0 bridgehead atoms. The smallest absolute Gasteiger partial charge is 0.295 e. The summed E-state index contributed by atoms with van der Waals surface area (Å²) in [6, 6.07) is 6.45. The summed E-state index contributed by atoms with van der Waals surface area (Å²) in [7, 11) is 0. The Bertz CT molecular complexity index is 624. The van der Waals surface area contributed by atoms with Gasteiger partial charge in [-0.15, -0.1) is 0 Å². The van der Waals surface area contributed by atoms with Gasteiger partial charge in [-0.05, 0) is 43.2 Å². The van der Waals surface area contributed by atoms with Crippen molar-refractivity contribution in [2.24, 2.45) is 5.41 Å². The average Bonchev–Trinajstić information content (AvgIpc) is 2.61. The molecule has 1 aliphatic rings. The molecule has 1 aromatic carbocycles. The van der Waals surface area contributed by atoms with Crippen LogP contribution in [-0.4, -0.2) is 15.8 Å². The van der Waals surface area contributed by atoms with Gasteiger partial charge in [0.2, 0.25) is 0 Å². The lowest BCUT2D eigenvalue weighted by Gasteiger charge is -2.38. The van der Waals surface area contributed by atoms with Crippen LogP contribution in [-0.2, 0) is 0 Å². The molecule has 3 nitrogen and oxygen atoms in total. The Morgan fingerprint density at radius 3 is 1.79 bits per heavy atom. The van der Waals surface area contributed by atoms with Crippen LogP contribution in [0, 0.1) is 5.41 Å². The Balaban J connectivity index is 2.85. The zero-order chi connectivity index (χ0) is 18.4. The number of rotatable bonds is 3. The largest absolute Gasteiger partial charge is 0.480 e. The molecule has 0 saturated carbocycles. The highest BCUT2D eigenvalue weighted by molar-refractivity contribution is 5.69. The van der Waals surface area contributed by atoms with Gasteiger partial charge in [0, 0.05) is 16.6 Å². The van der Waals surface area contributed by atoms with Crippen LogP contribution in [0.25, 0.3) is 0 Å². The quantitative estimate of drug-likeness (QED) is 0.645. The number of hydrogen-bond donors (Lipinski definition) is 2. The van der Waals surface area contributed by atoms with Crippen molar-refractivity contribution in [3.8, 4) is 0 Å². The minimum atomic E-state index is -0.557. The van der Waals surface area contributed by atoms with E-state index in [1.54, 1.807) is 0 Å². The number of aliphatic hydroxyl groups excluding tert-OH is 1. The topological polar surface area (TPSA) is 43.7 Å². The van der Waals surface area contributed by atoms with Gasteiger partial charge in [0.05, 0.1) is 0 Å². The molecule has 134 valence electrons. The van der Waals surface area contributed by atoms with Gasteiger partial charge in [0.15, 0.2) is 0 Å². The number of aliphatic hydroxyl groups is 2. The zero-order valence-electron chi connectivity index (χ0n) is 16.4. The first kappa shape index (κ1) is 18.7. The number of anilines is 1. The third-order valence-corrected chi connectivity index (χ3v) is 5.12. The number of nitrogens with zero attached hydrogens (tertiary/aromatic N) is 1. The van der Waals surface area contributed by atoms with Crippen LogP contribution in [0.3, 0.4) is 0 Å². The van der Waals surface area contributed by atoms with E-state index in [4.69, 9.17) is 0 Å². The van der Waals surface area contributed by atoms with E-state index in [1.165, 1.54) is 11.1 Å². The number of benzene rings is 1. The van der Waals surface area contributed by atoms with Gasteiger partial charge >= 0.3 is 0 Å². The van der Waals surface area contributed by atoms with E-state index in [9.17, 15) is 10.2 Å². The molecule has 0 atom stereocenters. The Hall–Kier alpha value is -1.64. The zero-order valence-corrected chi connectivity index (χ0v) is 16.4. The van der Waals surface area contributed by atoms with Crippen molar-refractivity contribution in [2.45, 2.75) is 79.2 Å². The van der Waals surface area contributed by atoms with E-state index in [1.807, 2.05) is 0 Å². The fraction of sp³-hybridized carbons (Fsp3) is 0.619. The highest BCUT2D eigenvalue weighted by Gasteiger charge is 2.50. The maximum absolute atomic E-state index is 10.1. The van der Waals surface area contributed by atoms with Crippen LogP contribution in [0.5, 0.6) is 0 Å². The molecule has 24 heavy (non-hydrogen) atoms. The summed E-state index contributed by atoms with van der Waals surface area (Å²) in [6.07, 6.45) is 0.865. The van der Waals surface area contributed by atoms with Crippen molar-refractivity contribution >= 4 is 5.69 Å². The second kappa shape index (κ2) is 6.02. The molecule has 0 amide bonds. The molecule has 1 heterocycles. The summed E-state index contributed by atoms with van der Waals surface area (Å²) in [5.74, 6) is 0.166. The molecule has 0 spiro atoms. The van der Waals surface area contributed by atoms with Gasteiger partial charge in [-0.2, -0.15) is 0 Å². The van der Waals surface area contributed by atoms with E-state index in [0.29, 0.717) is 17.5 Å². The van der Waals surface area contributed by atoms with Crippen molar-refractivity contribution in [3.05, 3.63) is 41.0 Å². The van der Waals surface area contributed by atoms with Crippen molar-refractivity contribution in [2.75, 3.05) is 4.90 Å². The van der Waals surface area contributed by atoms with E-state index in [2.05, 4.69) is 78.5 Å². The Kier molecular flexibility index (Phi) is 4.69. The van der Waals surface area contributed by atoms with Crippen molar-refractivity contribution in [3.63, 3.8) is 0 Å². The second-order valence-corrected chi connectivity index (χ2v) is 8.98. The highest BCUT2D eigenvalue weighted by atomic mass is 16.5. The lowest BCUT2D eigenvalue weighted by Crippen LogP contribution is -2.39. The fourth-order valence-electron chi connectivity index (χ4n) is 4.44. The molecular formula is C21H33NO2. The normalized spacial score (nSPS) is 19.4. The summed E-state index contributed by atoms with van der Waals surface area (Å²) >= 11 is 0. The van der Waals surface area contributed by atoms with Crippen LogP contribution in [0.4, 0.5) is 5.69 Å². The molecule has 0 unspecified atom stereocenters. The first-order valence-electron chi connectivity index (χ1n) is 8.96. The summed E-state index contributed by atoms with van der Waals surface area (Å²) in [5.41, 5.74) is 3.80. The molecule has 0 radical (unpaired) electrons. The van der Waals surface area contributed by atoms with Gasteiger partial charge < -0.3 is 15.1 Å². The minimum Gasteiger partial charge on any atom is -0.480 e. The van der Waals surface area contributed by atoms with E-state index < -0.39 is 5.95 Å².